The van der Waals surface area contributed by atoms with Crippen molar-refractivity contribution >= 4 is 0 Å². The molecule has 1 rings (SSSR count). The van der Waals surface area contributed by atoms with Gasteiger partial charge in [-0.1, -0.05) is 32.8 Å². The van der Waals surface area contributed by atoms with Crippen molar-refractivity contribution in [1.29, 1.82) is 0 Å². The Labute approximate surface area is 88.5 Å². The molecular formula is C13H24O. The van der Waals surface area contributed by atoms with Crippen LogP contribution in [0.15, 0.2) is 12.3 Å². The summed E-state index contributed by atoms with van der Waals surface area (Å²) in [7, 11) is 0. The molecule has 0 amide bonds. The first-order chi connectivity index (χ1) is 6.83. The Kier molecular flexibility index (Phi) is 5.74. The quantitative estimate of drug-likeness (QED) is 0.604. The Hall–Kier alpha value is -0.460. The van der Waals surface area contributed by atoms with Crippen molar-refractivity contribution in [3.05, 3.63) is 12.3 Å². The van der Waals surface area contributed by atoms with Gasteiger partial charge in [-0.15, -0.1) is 0 Å². The molecule has 1 fully saturated rings. The smallest absolute Gasteiger partial charge is 0.0982 e. The van der Waals surface area contributed by atoms with Gasteiger partial charge in [-0.25, -0.2) is 0 Å². The van der Waals surface area contributed by atoms with Gasteiger partial charge in [-0.05, 0) is 32.1 Å². The molecule has 0 bridgehead atoms. The Balaban J connectivity index is 2.22. The Bertz CT molecular complexity index is 163. The van der Waals surface area contributed by atoms with Crippen LogP contribution in [0.2, 0.25) is 0 Å². The lowest BCUT2D eigenvalue weighted by Gasteiger charge is -2.23. The molecule has 0 aliphatic carbocycles. The normalized spacial score (nSPS) is 23.8. The van der Waals surface area contributed by atoms with E-state index in [4.69, 9.17) is 4.74 Å². The minimum atomic E-state index is 0.467. The molecule has 14 heavy (non-hydrogen) atoms. The third-order valence-corrected chi connectivity index (χ3v) is 2.94. The monoisotopic (exact) mass is 196 g/mol. The van der Waals surface area contributed by atoms with Crippen LogP contribution in [-0.2, 0) is 4.74 Å². The van der Waals surface area contributed by atoms with Crippen molar-refractivity contribution in [3.63, 3.8) is 0 Å². The molecule has 0 aromatic heterocycles. The Morgan fingerprint density at radius 2 is 2.14 bits per heavy atom. The fourth-order valence-electron chi connectivity index (χ4n) is 2.05. The second kappa shape index (κ2) is 6.92. The van der Waals surface area contributed by atoms with Gasteiger partial charge in [-0.2, -0.15) is 0 Å². The van der Waals surface area contributed by atoms with E-state index in [1.54, 1.807) is 0 Å². The van der Waals surface area contributed by atoms with Gasteiger partial charge in [0.15, 0.2) is 0 Å². The fourth-order valence-corrected chi connectivity index (χ4v) is 2.05. The average Bonchev–Trinajstić information content (AvgIpc) is 2.13. The molecular weight excluding hydrogens is 172 g/mol. The van der Waals surface area contributed by atoms with Gasteiger partial charge in [0.05, 0.1) is 11.9 Å². The van der Waals surface area contributed by atoms with Gasteiger partial charge in [0, 0.05) is 6.42 Å². The number of unbranched alkanes of at least 4 members (excludes halogenated alkanes) is 2. The summed E-state index contributed by atoms with van der Waals surface area (Å²) in [4.78, 5) is 0. The van der Waals surface area contributed by atoms with Crippen LogP contribution < -0.4 is 0 Å². The highest BCUT2D eigenvalue weighted by atomic mass is 16.5. The minimum absolute atomic E-state index is 0.467. The van der Waals surface area contributed by atoms with E-state index in [9.17, 15) is 0 Å². The number of hydrogen-bond donors (Lipinski definition) is 0. The van der Waals surface area contributed by atoms with E-state index < -0.39 is 0 Å². The van der Waals surface area contributed by atoms with Gasteiger partial charge < -0.3 is 4.74 Å². The third-order valence-electron chi connectivity index (χ3n) is 2.94. The first-order valence-corrected chi connectivity index (χ1v) is 6.17. The number of ether oxygens (including phenoxy) is 1. The van der Waals surface area contributed by atoms with E-state index in [1.807, 2.05) is 0 Å². The van der Waals surface area contributed by atoms with Crippen molar-refractivity contribution in [1.82, 2.24) is 0 Å². The topological polar surface area (TPSA) is 9.23 Å². The van der Waals surface area contributed by atoms with E-state index in [2.05, 4.69) is 13.5 Å². The molecule has 1 heteroatoms. The molecule has 0 radical (unpaired) electrons. The molecule has 0 unspecified atom stereocenters. The van der Waals surface area contributed by atoms with Crippen molar-refractivity contribution < 1.29 is 4.74 Å². The predicted molar refractivity (Wildman–Crippen MR) is 61.2 cm³/mol. The Morgan fingerprint density at radius 1 is 1.29 bits per heavy atom. The maximum atomic E-state index is 5.84. The molecule has 1 saturated heterocycles. The lowest BCUT2D eigenvalue weighted by atomic mass is 10.0. The molecule has 1 aliphatic rings. The first-order valence-electron chi connectivity index (χ1n) is 6.17. The maximum absolute atomic E-state index is 5.84. The van der Waals surface area contributed by atoms with Gasteiger partial charge in [0.25, 0.3) is 0 Å². The minimum Gasteiger partial charge on any atom is -0.495 e. The molecule has 0 spiro atoms. The SMILES string of the molecule is C=C1CCCCC[C@H](CCCCC)O1. The van der Waals surface area contributed by atoms with Crippen LogP contribution in [0.1, 0.15) is 64.7 Å². The third kappa shape index (κ3) is 4.69. The van der Waals surface area contributed by atoms with E-state index in [1.165, 1.54) is 51.4 Å². The van der Waals surface area contributed by atoms with Crippen LogP contribution >= 0.6 is 0 Å². The lowest BCUT2D eigenvalue weighted by Crippen LogP contribution is -2.14. The number of hydrogen-bond acceptors (Lipinski definition) is 1. The van der Waals surface area contributed by atoms with Gasteiger partial charge in [0.1, 0.15) is 0 Å². The molecule has 1 nitrogen and oxygen atoms in total. The molecule has 0 saturated carbocycles. The summed E-state index contributed by atoms with van der Waals surface area (Å²) in [6.45, 7) is 6.22. The maximum Gasteiger partial charge on any atom is 0.0982 e. The molecule has 82 valence electrons. The van der Waals surface area contributed by atoms with Gasteiger partial charge in [-0.3, -0.25) is 0 Å². The van der Waals surface area contributed by atoms with Crippen LogP contribution in [0.5, 0.6) is 0 Å². The van der Waals surface area contributed by atoms with E-state index in [-0.39, 0.29) is 0 Å². The molecule has 1 heterocycles. The molecule has 0 aromatic carbocycles. The number of allylic oxidation sites excluding steroid dienone is 1. The molecule has 0 N–H and O–H groups in total. The van der Waals surface area contributed by atoms with Crippen LogP contribution in [0.4, 0.5) is 0 Å². The van der Waals surface area contributed by atoms with Crippen LogP contribution in [0.3, 0.4) is 0 Å². The van der Waals surface area contributed by atoms with E-state index in [0.29, 0.717) is 6.10 Å². The van der Waals surface area contributed by atoms with Gasteiger partial charge in [0.2, 0.25) is 0 Å². The summed E-state index contributed by atoms with van der Waals surface area (Å²) in [5, 5.41) is 0. The van der Waals surface area contributed by atoms with Crippen molar-refractivity contribution in [2.24, 2.45) is 0 Å². The fraction of sp³-hybridized carbons (Fsp3) is 0.846. The summed E-state index contributed by atoms with van der Waals surface area (Å²) < 4.78 is 5.84. The highest BCUT2D eigenvalue weighted by Crippen LogP contribution is 2.22. The van der Waals surface area contributed by atoms with Crippen LogP contribution in [0.25, 0.3) is 0 Å². The van der Waals surface area contributed by atoms with Gasteiger partial charge >= 0.3 is 0 Å². The second-order valence-corrected chi connectivity index (χ2v) is 4.37. The summed E-state index contributed by atoms with van der Waals surface area (Å²) in [6.07, 6.45) is 11.9. The predicted octanol–water partition coefficient (Wildman–Crippen LogP) is 4.43. The summed E-state index contributed by atoms with van der Waals surface area (Å²) >= 11 is 0. The van der Waals surface area contributed by atoms with Crippen LogP contribution in [-0.4, -0.2) is 6.10 Å². The average molecular weight is 196 g/mol. The van der Waals surface area contributed by atoms with E-state index >= 15 is 0 Å². The highest BCUT2D eigenvalue weighted by Gasteiger charge is 2.13. The zero-order valence-corrected chi connectivity index (χ0v) is 9.56. The Morgan fingerprint density at radius 3 is 2.93 bits per heavy atom. The highest BCUT2D eigenvalue weighted by molar-refractivity contribution is 4.85. The molecule has 0 aromatic rings. The van der Waals surface area contributed by atoms with Crippen LogP contribution in [0, 0.1) is 0 Å². The van der Waals surface area contributed by atoms with Crippen molar-refractivity contribution in [2.45, 2.75) is 70.8 Å². The van der Waals surface area contributed by atoms with Crippen molar-refractivity contribution in [3.8, 4) is 0 Å². The second-order valence-electron chi connectivity index (χ2n) is 4.37. The first kappa shape index (κ1) is 11.6. The zero-order valence-electron chi connectivity index (χ0n) is 9.56. The zero-order chi connectivity index (χ0) is 10.2. The standard InChI is InChI=1S/C13H24O/c1-3-4-6-10-13-11-8-5-7-9-12(2)14-13/h13H,2-11H2,1H3/t13-/m0/s1. The number of rotatable bonds is 4. The summed E-state index contributed by atoms with van der Waals surface area (Å²) in [5.74, 6) is 1.02. The largest absolute Gasteiger partial charge is 0.495 e. The summed E-state index contributed by atoms with van der Waals surface area (Å²) in [5.41, 5.74) is 0. The van der Waals surface area contributed by atoms with Crippen molar-refractivity contribution in [2.75, 3.05) is 0 Å². The lowest BCUT2D eigenvalue weighted by molar-refractivity contribution is 0.0826. The summed E-state index contributed by atoms with van der Waals surface area (Å²) in [6, 6.07) is 0. The molecule has 1 atom stereocenters. The van der Waals surface area contributed by atoms with E-state index in [0.717, 1.165) is 12.2 Å². The molecule has 1 aliphatic heterocycles.